The molecule has 0 bridgehead atoms. The highest BCUT2D eigenvalue weighted by Gasteiger charge is 2.21. The van der Waals surface area contributed by atoms with Gasteiger partial charge in [-0.1, -0.05) is 12.1 Å². The number of carboxylic acids is 1. The molecule has 0 atom stereocenters. The predicted octanol–water partition coefficient (Wildman–Crippen LogP) is 4.84. The molecule has 9 heteroatoms. The molecule has 0 aliphatic rings. The number of aromatic amines is 1. The minimum absolute atomic E-state index is 0.101. The Kier molecular flexibility index (Phi) is 5.47. The van der Waals surface area contributed by atoms with Crippen LogP contribution >= 0.6 is 0 Å². The van der Waals surface area contributed by atoms with E-state index in [2.05, 4.69) is 16.2 Å². The van der Waals surface area contributed by atoms with Crippen LogP contribution in [0.2, 0.25) is 0 Å². The van der Waals surface area contributed by atoms with Crippen LogP contribution in [-0.2, 0) is 0 Å². The van der Waals surface area contributed by atoms with Crippen LogP contribution in [0.15, 0.2) is 72.9 Å². The van der Waals surface area contributed by atoms with Crippen LogP contribution in [0.25, 0.3) is 16.6 Å². The molecule has 0 radical (unpaired) electrons. The average Bonchev–Trinajstić information content (AvgIpc) is 3.47. The van der Waals surface area contributed by atoms with Crippen LogP contribution in [0.1, 0.15) is 37.5 Å². The van der Waals surface area contributed by atoms with E-state index in [4.69, 9.17) is 15.7 Å². The molecule has 0 aliphatic heterocycles. The average molecular weight is 477 g/mol. The third kappa shape index (κ3) is 3.93. The molecule has 0 spiro atoms. The third-order valence-electron chi connectivity index (χ3n) is 5.79. The van der Waals surface area contributed by atoms with E-state index in [1.165, 1.54) is 23.0 Å². The number of benzene rings is 3. The first-order valence-corrected chi connectivity index (χ1v) is 10.9. The number of nitrogens with zero attached hydrogens (tertiary/aromatic N) is 3. The van der Waals surface area contributed by atoms with Crippen molar-refractivity contribution in [1.82, 2.24) is 14.8 Å². The van der Waals surface area contributed by atoms with Crippen molar-refractivity contribution < 1.29 is 19.4 Å². The van der Waals surface area contributed by atoms with E-state index in [1.54, 1.807) is 48.5 Å². The summed E-state index contributed by atoms with van der Waals surface area (Å²) in [6.45, 7) is 1.86. The van der Waals surface area contributed by atoms with E-state index in [9.17, 15) is 14.7 Å². The largest absolute Gasteiger partial charge is 0.478 e. The van der Waals surface area contributed by atoms with Gasteiger partial charge in [-0.05, 0) is 67.1 Å². The van der Waals surface area contributed by atoms with Crippen molar-refractivity contribution in [3.8, 4) is 23.3 Å². The summed E-state index contributed by atoms with van der Waals surface area (Å²) in [5, 5.41) is 23.2. The zero-order chi connectivity index (χ0) is 25.4. The highest BCUT2D eigenvalue weighted by molar-refractivity contribution is 6.14. The second kappa shape index (κ2) is 8.77. The van der Waals surface area contributed by atoms with E-state index < -0.39 is 11.8 Å². The normalized spacial score (nSPS) is 10.8. The predicted molar refractivity (Wildman–Crippen MR) is 133 cm³/mol. The van der Waals surface area contributed by atoms with E-state index in [0.29, 0.717) is 33.7 Å². The van der Waals surface area contributed by atoms with Crippen LogP contribution in [0.5, 0.6) is 11.5 Å². The quantitative estimate of drug-likeness (QED) is 0.297. The van der Waals surface area contributed by atoms with E-state index in [1.807, 2.05) is 13.0 Å². The summed E-state index contributed by atoms with van der Waals surface area (Å²) in [7, 11) is 0. The summed E-state index contributed by atoms with van der Waals surface area (Å²) < 4.78 is 7.33. The number of aryl methyl sites for hydroxylation is 1. The number of nitrogens with one attached hydrogen (secondary N) is 1. The summed E-state index contributed by atoms with van der Waals surface area (Å²) in [5.41, 5.74) is 9.32. The van der Waals surface area contributed by atoms with E-state index >= 15 is 0 Å². The summed E-state index contributed by atoms with van der Waals surface area (Å²) in [4.78, 5) is 27.7. The van der Waals surface area contributed by atoms with Crippen LogP contribution in [0.3, 0.4) is 0 Å². The molecule has 5 rings (SSSR count). The van der Waals surface area contributed by atoms with Crippen LogP contribution in [0, 0.1) is 18.3 Å². The van der Waals surface area contributed by atoms with Gasteiger partial charge < -0.3 is 20.6 Å². The fourth-order valence-corrected chi connectivity index (χ4v) is 4.03. The minimum Gasteiger partial charge on any atom is -0.478 e. The van der Waals surface area contributed by atoms with Gasteiger partial charge >= 0.3 is 5.97 Å². The summed E-state index contributed by atoms with van der Waals surface area (Å²) >= 11 is 0. The fourth-order valence-electron chi connectivity index (χ4n) is 4.03. The number of hydrogen-bond acceptors (Lipinski definition) is 6. The fraction of sp³-hybridized carbons (Fsp3) is 0.0370. The number of aromatic carboxylic acids is 1. The molecule has 0 saturated heterocycles. The summed E-state index contributed by atoms with van der Waals surface area (Å²) in [6.07, 6.45) is 1.39. The van der Waals surface area contributed by atoms with Crippen molar-refractivity contribution in [1.29, 1.82) is 5.26 Å². The van der Waals surface area contributed by atoms with Crippen molar-refractivity contribution in [2.45, 2.75) is 6.92 Å². The molecule has 5 aromatic rings. The third-order valence-corrected chi connectivity index (χ3v) is 5.79. The van der Waals surface area contributed by atoms with Gasteiger partial charge in [-0.3, -0.25) is 4.79 Å². The van der Waals surface area contributed by atoms with Crippen LogP contribution < -0.4 is 10.5 Å². The Balaban J connectivity index is 1.44. The van der Waals surface area contributed by atoms with Gasteiger partial charge in [0.05, 0.1) is 40.3 Å². The topological polar surface area (TPSA) is 147 Å². The number of rotatable bonds is 6. The standard InChI is InChI=1S/C27H19N5O4/c1-15-10-18(36-17-5-2-4-16(11-17)13-28)8-9-24(15)32-26(29)21(14-30-32)25(33)23-12-20-19(27(34)35)6-3-7-22(20)31-23/h2-12,14,31H,29H2,1H3,(H,34,35). The number of ether oxygens (including phenoxy) is 1. The van der Waals surface area contributed by atoms with Gasteiger partial charge in [0.1, 0.15) is 17.3 Å². The number of carboxylic acid groups (broad SMARTS) is 1. The molecule has 2 heterocycles. The second-order valence-electron chi connectivity index (χ2n) is 8.13. The number of carbonyl (C=O) groups excluding carboxylic acids is 1. The molecular weight excluding hydrogens is 458 g/mol. The molecule has 0 unspecified atom stereocenters. The number of hydrogen-bond donors (Lipinski definition) is 3. The maximum Gasteiger partial charge on any atom is 0.336 e. The molecule has 9 nitrogen and oxygen atoms in total. The number of carbonyl (C=O) groups is 2. The van der Waals surface area contributed by atoms with Gasteiger partial charge in [0.2, 0.25) is 5.78 Å². The number of H-pyrrole nitrogens is 1. The first-order valence-electron chi connectivity index (χ1n) is 10.9. The van der Waals surface area contributed by atoms with Gasteiger partial charge in [0.15, 0.2) is 0 Å². The number of aromatic nitrogens is 3. The van der Waals surface area contributed by atoms with Gasteiger partial charge in [-0.2, -0.15) is 10.4 Å². The number of nitrogen functional groups attached to an aromatic ring is 1. The first-order chi connectivity index (χ1) is 17.4. The maximum absolute atomic E-state index is 13.2. The smallest absolute Gasteiger partial charge is 0.336 e. The molecule has 0 aliphatic carbocycles. The molecule has 4 N–H and O–H groups in total. The number of ketones is 1. The molecule has 0 amide bonds. The molecule has 2 aromatic heterocycles. The lowest BCUT2D eigenvalue weighted by atomic mass is 10.1. The molecule has 36 heavy (non-hydrogen) atoms. The second-order valence-corrected chi connectivity index (χ2v) is 8.13. The summed E-state index contributed by atoms with van der Waals surface area (Å²) in [5.74, 6) is -0.221. The van der Waals surface area contributed by atoms with E-state index in [0.717, 1.165) is 5.56 Å². The Morgan fingerprint density at radius 2 is 1.83 bits per heavy atom. The van der Waals surface area contributed by atoms with Crippen molar-refractivity contribution in [2.24, 2.45) is 0 Å². The molecular formula is C27H19N5O4. The molecule has 3 aromatic carbocycles. The number of nitriles is 1. The lowest BCUT2D eigenvalue weighted by Gasteiger charge is -2.11. The highest BCUT2D eigenvalue weighted by atomic mass is 16.5. The van der Waals surface area contributed by atoms with Crippen LogP contribution in [-0.4, -0.2) is 31.6 Å². The Morgan fingerprint density at radius 1 is 1.06 bits per heavy atom. The van der Waals surface area contributed by atoms with Crippen molar-refractivity contribution in [3.63, 3.8) is 0 Å². The summed E-state index contributed by atoms with van der Waals surface area (Å²) in [6, 6.07) is 20.6. The Bertz CT molecular complexity index is 1710. The van der Waals surface area contributed by atoms with Gasteiger partial charge in [-0.15, -0.1) is 0 Å². The lowest BCUT2D eigenvalue weighted by molar-refractivity contribution is 0.0698. The van der Waals surface area contributed by atoms with Crippen molar-refractivity contribution >= 4 is 28.5 Å². The Labute approximate surface area is 205 Å². The number of nitrogens with two attached hydrogens (primary N) is 1. The zero-order valence-electron chi connectivity index (χ0n) is 19.0. The molecule has 0 saturated carbocycles. The van der Waals surface area contributed by atoms with Crippen LogP contribution in [0.4, 0.5) is 5.82 Å². The first kappa shape index (κ1) is 22.4. The molecule has 176 valence electrons. The van der Waals surface area contributed by atoms with Gasteiger partial charge in [0.25, 0.3) is 0 Å². The van der Waals surface area contributed by atoms with Gasteiger partial charge in [0, 0.05) is 10.9 Å². The lowest BCUT2D eigenvalue weighted by Crippen LogP contribution is -2.08. The maximum atomic E-state index is 13.2. The van der Waals surface area contributed by atoms with Gasteiger partial charge in [-0.25, -0.2) is 9.48 Å². The van der Waals surface area contributed by atoms with E-state index in [-0.39, 0.29) is 22.6 Å². The minimum atomic E-state index is -1.08. The number of fused-ring (bicyclic) bond motifs is 1. The van der Waals surface area contributed by atoms with Crippen molar-refractivity contribution in [3.05, 3.63) is 101 Å². The monoisotopic (exact) mass is 477 g/mol. The number of anilines is 1. The highest BCUT2D eigenvalue weighted by Crippen LogP contribution is 2.29. The zero-order valence-corrected chi connectivity index (χ0v) is 19.0. The van der Waals surface area contributed by atoms with Crippen molar-refractivity contribution in [2.75, 3.05) is 5.73 Å². The molecule has 0 fully saturated rings. The Hall–Kier alpha value is -5.36. The SMILES string of the molecule is Cc1cc(Oc2cccc(C#N)c2)ccc1-n1ncc(C(=O)c2cc3c(C(=O)O)cccc3[nH]2)c1N. The Morgan fingerprint density at radius 3 is 2.58 bits per heavy atom.